The van der Waals surface area contributed by atoms with E-state index in [-0.39, 0.29) is 0 Å². The molecular weight excluding hydrogens is 256 g/mol. The molecule has 56 valence electrons. The van der Waals surface area contributed by atoms with E-state index in [0.29, 0.717) is 0 Å². The molecule has 2 atom stereocenters. The Balaban J connectivity index is 3.22. The highest BCUT2D eigenvalue weighted by Gasteiger charge is 2.07. The number of ether oxygens (including phenoxy) is 3. The molecule has 0 radical (unpaired) electrons. The Labute approximate surface area is 70.9 Å². The fourth-order valence-corrected chi connectivity index (χ4v) is 0.877. The second-order valence-corrected chi connectivity index (χ2v) is 2.65. The lowest BCUT2D eigenvalue weighted by molar-refractivity contribution is -0.141. The van der Waals surface area contributed by atoms with Crippen LogP contribution in [0.2, 0.25) is 0 Å². The van der Waals surface area contributed by atoms with Crippen LogP contribution in [0, 0.1) is 0 Å². The van der Waals surface area contributed by atoms with Crippen molar-refractivity contribution in [2.45, 2.75) is 10.4 Å². The van der Waals surface area contributed by atoms with Crippen LogP contribution in [0.3, 0.4) is 0 Å². The standard InChI is InChI=1S/C4H8Br2O3/c1-7-3(5)9-4(6)8-2/h3-4H,1-2H3. The molecule has 2 unspecified atom stereocenters. The molecule has 0 rings (SSSR count). The zero-order chi connectivity index (χ0) is 7.28. The van der Waals surface area contributed by atoms with Gasteiger partial charge in [0, 0.05) is 14.2 Å². The molecule has 0 aromatic heterocycles. The Morgan fingerprint density at radius 3 is 1.56 bits per heavy atom. The van der Waals surface area contributed by atoms with Crippen molar-refractivity contribution in [2.75, 3.05) is 14.2 Å². The Bertz CT molecular complexity index is 62.8. The smallest absolute Gasteiger partial charge is 0.218 e. The van der Waals surface area contributed by atoms with Crippen molar-refractivity contribution in [3.63, 3.8) is 0 Å². The lowest BCUT2D eigenvalue weighted by atomic mass is 11.3. The Morgan fingerprint density at radius 1 is 1.00 bits per heavy atom. The van der Waals surface area contributed by atoms with Gasteiger partial charge in [0.1, 0.15) is 0 Å². The van der Waals surface area contributed by atoms with Crippen molar-refractivity contribution in [1.29, 1.82) is 0 Å². The van der Waals surface area contributed by atoms with E-state index in [1.54, 1.807) is 0 Å². The third kappa shape index (κ3) is 5.29. The van der Waals surface area contributed by atoms with Crippen LogP contribution in [-0.4, -0.2) is 24.6 Å². The summed E-state index contributed by atoms with van der Waals surface area (Å²) in [6, 6.07) is 0. The van der Waals surface area contributed by atoms with Crippen LogP contribution < -0.4 is 0 Å². The van der Waals surface area contributed by atoms with E-state index in [4.69, 9.17) is 14.2 Å². The molecule has 3 nitrogen and oxygen atoms in total. The van der Waals surface area contributed by atoms with Crippen LogP contribution in [0.25, 0.3) is 0 Å². The van der Waals surface area contributed by atoms with Crippen LogP contribution in [0.4, 0.5) is 0 Å². The first-order chi connectivity index (χ1) is 4.20. The number of methoxy groups -OCH3 is 2. The molecule has 0 saturated heterocycles. The summed E-state index contributed by atoms with van der Waals surface area (Å²) in [5.74, 6) is 0. The normalized spacial score (nSPS) is 17.3. The van der Waals surface area contributed by atoms with Gasteiger partial charge < -0.3 is 14.2 Å². The highest BCUT2D eigenvalue weighted by molar-refractivity contribution is 9.10. The van der Waals surface area contributed by atoms with Crippen molar-refractivity contribution in [2.24, 2.45) is 0 Å². The highest BCUT2D eigenvalue weighted by Crippen LogP contribution is 2.10. The Hall–Kier alpha value is 0.840. The van der Waals surface area contributed by atoms with Gasteiger partial charge in [-0.3, -0.25) is 0 Å². The molecular formula is C4H8Br2O3. The molecule has 0 aliphatic carbocycles. The predicted octanol–water partition coefficient (Wildman–Crippen LogP) is 1.65. The minimum Gasteiger partial charge on any atom is -0.347 e. The first-order valence-electron chi connectivity index (χ1n) is 2.20. The summed E-state index contributed by atoms with van der Waals surface area (Å²) >= 11 is 6.13. The van der Waals surface area contributed by atoms with Crippen molar-refractivity contribution in [1.82, 2.24) is 0 Å². The summed E-state index contributed by atoms with van der Waals surface area (Å²) in [4.78, 5) is 0. The highest BCUT2D eigenvalue weighted by atomic mass is 79.9. The zero-order valence-electron chi connectivity index (χ0n) is 5.14. The molecule has 0 bridgehead atoms. The molecule has 0 aromatic rings. The van der Waals surface area contributed by atoms with E-state index in [1.807, 2.05) is 0 Å². The van der Waals surface area contributed by atoms with Gasteiger partial charge in [-0.1, -0.05) is 0 Å². The molecule has 0 saturated carbocycles. The van der Waals surface area contributed by atoms with E-state index in [9.17, 15) is 0 Å². The van der Waals surface area contributed by atoms with Gasteiger partial charge in [-0.05, 0) is 31.9 Å². The maximum Gasteiger partial charge on any atom is 0.218 e. The van der Waals surface area contributed by atoms with Gasteiger partial charge in [-0.2, -0.15) is 0 Å². The summed E-state index contributed by atoms with van der Waals surface area (Å²) in [6.45, 7) is 0. The SMILES string of the molecule is COC(Br)OC(Br)OC. The molecule has 9 heavy (non-hydrogen) atoms. The summed E-state index contributed by atoms with van der Waals surface area (Å²) in [6.07, 6.45) is 0. The van der Waals surface area contributed by atoms with E-state index < -0.39 is 10.4 Å². The molecule has 0 fully saturated rings. The number of alkyl halides is 2. The summed E-state index contributed by atoms with van der Waals surface area (Å²) in [5.41, 5.74) is 0. The van der Waals surface area contributed by atoms with Gasteiger partial charge in [0.25, 0.3) is 0 Å². The van der Waals surface area contributed by atoms with Gasteiger partial charge in [0.05, 0.1) is 0 Å². The minimum atomic E-state index is -0.429. The summed E-state index contributed by atoms with van der Waals surface area (Å²) < 4.78 is 14.4. The topological polar surface area (TPSA) is 27.7 Å². The number of rotatable bonds is 4. The monoisotopic (exact) mass is 262 g/mol. The van der Waals surface area contributed by atoms with Crippen molar-refractivity contribution >= 4 is 31.9 Å². The van der Waals surface area contributed by atoms with E-state index in [2.05, 4.69) is 31.9 Å². The number of hydrogen-bond acceptors (Lipinski definition) is 3. The van der Waals surface area contributed by atoms with Gasteiger partial charge >= 0.3 is 0 Å². The lowest BCUT2D eigenvalue weighted by Gasteiger charge is -2.12. The third-order valence-electron chi connectivity index (χ3n) is 0.585. The zero-order valence-corrected chi connectivity index (χ0v) is 8.31. The maximum absolute atomic E-state index is 4.94. The first kappa shape index (κ1) is 9.84. The number of hydrogen-bond donors (Lipinski definition) is 0. The molecule has 0 spiro atoms. The fraction of sp³-hybridized carbons (Fsp3) is 1.00. The second kappa shape index (κ2) is 5.61. The van der Waals surface area contributed by atoms with E-state index >= 15 is 0 Å². The molecule has 0 aliphatic rings. The summed E-state index contributed by atoms with van der Waals surface area (Å²) in [7, 11) is 3.05. The van der Waals surface area contributed by atoms with Crippen molar-refractivity contribution in [3.05, 3.63) is 0 Å². The largest absolute Gasteiger partial charge is 0.347 e. The van der Waals surface area contributed by atoms with E-state index in [1.165, 1.54) is 14.2 Å². The van der Waals surface area contributed by atoms with Crippen LogP contribution in [0.5, 0.6) is 0 Å². The van der Waals surface area contributed by atoms with Crippen LogP contribution in [-0.2, 0) is 14.2 Å². The van der Waals surface area contributed by atoms with E-state index in [0.717, 1.165) is 0 Å². The lowest BCUT2D eigenvalue weighted by Crippen LogP contribution is -2.14. The van der Waals surface area contributed by atoms with Crippen molar-refractivity contribution in [3.8, 4) is 0 Å². The van der Waals surface area contributed by atoms with Crippen LogP contribution in [0.15, 0.2) is 0 Å². The molecule has 5 heteroatoms. The molecule has 0 N–H and O–H groups in total. The van der Waals surface area contributed by atoms with Crippen molar-refractivity contribution < 1.29 is 14.2 Å². The molecule has 0 amide bonds. The maximum atomic E-state index is 4.94. The quantitative estimate of drug-likeness (QED) is 0.570. The summed E-state index contributed by atoms with van der Waals surface area (Å²) in [5, 5.41) is -0.858. The van der Waals surface area contributed by atoms with Crippen LogP contribution in [0.1, 0.15) is 0 Å². The van der Waals surface area contributed by atoms with Gasteiger partial charge in [0.2, 0.25) is 10.4 Å². The Kier molecular flexibility index (Phi) is 6.14. The molecule has 0 aliphatic heterocycles. The molecule has 0 heterocycles. The third-order valence-corrected chi connectivity index (χ3v) is 1.76. The van der Waals surface area contributed by atoms with Gasteiger partial charge in [-0.15, -0.1) is 0 Å². The average Bonchev–Trinajstić information content (AvgIpc) is 1.87. The molecule has 0 aromatic carbocycles. The first-order valence-corrected chi connectivity index (χ1v) is 4.03. The average molecular weight is 264 g/mol. The Morgan fingerprint density at radius 2 is 1.33 bits per heavy atom. The van der Waals surface area contributed by atoms with Crippen LogP contribution >= 0.6 is 31.9 Å². The fourth-order valence-electron chi connectivity index (χ4n) is 0.195. The van der Waals surface area contributed by atoms with Gasteiger partial charge in [-0.25, -0.2) is 0 Å². The number of halogens is 2. The van der Waals surface area contributed by atoms with Gasteiger partial charge in [0.15, 0.2) is 0 Å². The second-order valence-electron chi connectivity index (χ2n) is 1.16. The predicted molar refractivity (Wildman–Crippen MR) is 40.5 cm³/mol. The minimum absolute atomic E-state index is 0.429.